The van der Waals surface area contributed by atoms with Gasteiger partial charge >= 0.3 is 5.97 Å². The lowest BCUT2D eigenvalue weighted by molar-refractivity contribution is -0.157. The molecule has 1 aromatic rings. The molecule has 1 aromatic carbocycles. The Bertz CT molecular complexity index is 2520. The van der Waals surface area contributed by atoms with E-state index in [1.807, 2.05) is 30.3 Å². The van der Waals surface area contributed by atoms with Crippen molar-refractivity contribution in [2.24, 2.45) is 45.9 Å². The van der Waals surface area contributed by atoms with E-state index in [-0.39, 0.29) is 31.8 Å². The first kappa shape index (κ1) is 74.2. The summed E-state index contributed by atoms with van der Waals surface area (Å²) in [6.45, 7) is 16.7. The average molecular weight is 1210 g/mol. The number of aliphatic hydroxyl groups is 1. The van der Waals surface area contributed by atoms with Crippen LogP contribution in [0.2, 0.25) is 0 Å². The van der Waals surface area contributed by atoms with E-state index in [0.717, 1.165) is 5.56 Å². The van der Waals surface area contributed by atoms with Crippen molar-refractivity contribution in [3.05, 3.63) is 35.9 Å². The minimum atomic E-state index is -1.76. The zero-order chi connectivity index (χ0) is 65.1. The molecule has 482 valence electrons. The van der Waals surface area contributed by atoms with Crippen molar-refractivity contribution in [3.8, 4) is 0 Å². The molecule has 1 aliphatic heterocycles. The van der Waals surface area contributed by atoms with Gasteiger partial charge in [-0.2, -0.15) is 0 Å². The maximum atomic E-state index is 14.3. The molecule has 2 rings (SSSR count). The Hall–Kier alpha value is -7.95. The SMILES string of the molecule is CC[C@H](C)[C@H](NC(=O)[C@@H](Cc1ccccc1)NC)C(=O)N[C@@H](CO)C(=O)N[C@H](CC(N)=O)C(=O)N[C@@H](C(=O)N[C@H](C(=O)N[C@@H](C)C(=O)N[C@H]1C(=O)N[C@@H](C)C(=O)N[C@@H](CCCN=C(N)N)C(=O)N[C@@H]([C@@H](C)CC)C(=O)O[C@H]1C)[C@@H](C)CC)[C@@H](C)CC. The predicted octanol–water partition coefficient (Wildman–Crippen LogP) is -3.24. The molecule has 1 fully saturated rings. The normalized spacial score (nSPS) is 21.2. The summed E-state index contributed by atoms with van der Waals surface area (Å²) in [5, 5.41) is 38.8. The lowest BCUT2D eigenvalue weighted by Crippen LogP contribution is -2.63. The molecule has 1 aliphatic rings. The molecule has 16 atom stereocenters. The van der Waals surface area contributed by atoms with Crippen LogP contribution >= 0.6 is 0 Å². The van der Waals surface area contributed by atoms with E-state index in [0.29, 0.717) is 25.7 Å². The highest BCUT2D eigenvalue weighted by Crippen LogP contribution is 2.17. The van der Waals surface area contributed by atoms with Gasteiger partial charge < -0.3 is 85.5 Å². The summed E-state index contributed by atoms with van der Waals surface area (Å²) in [5.74, 6) is -13.1. The third-order valence-corrected chi connectivity index (χ3v) is 15.4. The number of esters is 1. The number of guanidine groups is 1. The van der Waals surface area contributed by atoms with Crippen LogP contribution in [0.25, 0.3) is 0 Å². The highest BCUT2D eigenvalue weighted by Gasteiger charge is 2.40. The summed E-state index contributed by atoms with van der Waals surface area (Å²) < 4.78 is 5.73. The number of nitrogens with one attached hydrogen (secondary N) is 11. The number of hydrogen-bond acceptors (Lipinski definition) is 16. The van der Waals surface area contributed by atoms with Crippen LogP contribution in [-0.4, -0.2) is 175 Å². The topological polar surface area (TPSA) is 457 Å². The molecule has 0 radical (unpaired) electrons. The molecular formula is C57H95N15O14. The van der Waals surface area contributed by atoms with Gasteiger partial charge in [-0.05, 0) is 76.3 Å². The fourth-order valence-corrected chi connectivity index (χ4v) is 8.90. The van der Waals surface area contributed by atoms with Gasteiger partial charge in [0.1, 0.15) is 66.5 Å². The Morgan fingerprint density at radius 3 is 1.62 bits per heavy atom. The van der Waals surface area contributed by atoms with Crippen LogP contribution < -0.4 is 75.7 Å². The molecule has 86 heavy (non-hydrogen) atoms. The number of aliphatic hydroxyl groups excluding tert-OH is 1. The van der Waals surface area contributed by atoms with Crippen LogP contribution in [-0.2, 0) is 68.7 Å². The number of carbonyl (C=O) groups excluding carboxylic acids is 12. The monoisotopic (exact) mass is 1210 g/mol. The van der Waals surface area contributed by atoms with E-state index in [4.69, 9.17) is 21.9 Å². The zero-order valence-electron chi connectivity index (χ0n) is 51.6. The van der Waals surface area contributed by atoms with Crippen LogP contribution in [0.5, 0.6) is 0 Å². The molecule has 18 N–H and O–H groups in total. The second kappa shape index (κ2) is 36.8. The number of aliphatic imine (C=N–C) groups is 1. The number of hydrogen-bond donors (Lipinski definition) is 15. The number of ether oxygens (including phenoxy) is 1. The summed E-state index contributed by atoms with van der Waals surface area (Å²) in [4.78, 5) is 169. The van der Waals surface area contributed by atoms with E-state index in [1.165, 1.54) is 20.8 Å². The van der Waals surface area contributed by atoms with Crippen LogP contribution in [0.15, 0.2) is 35.3 Å². The number of rotatable bonds is 32. The molecular weight excluding hydrogens is 1120 g/mol. The van der Waals surface area contributed by atoms with Crippen molar-refractivity contribution in [2.45, 2.75) is 200 Å². The molecule has 0 aromatic heterocycles. The van der Waals surface area contributed by atoms with Gasteiger partial charge in [0, 0.05) is 6.54 Å². The summed E-state index contributed by atoms with van der Waals surface area (Å²) in [6, 6.07) is -5.84. The highest BCUT2D eigenvalue weighted by atomic mass is 16.5. The van der Waals surface area contributed by atoms with Crippen molar-refractivity contribution in [3.63, 3.8) is 0 Å². The van der Waals surface area contributed by atoms with Gasteiger partial charge in [-0.25, -0.2) is 4.79 Å². The van der Waals surface area contributed by atoms with Gasteiger partial charge in [-0.1, -0.05) is 111 Å². The Morgan fingerprint density at radius 2 is 1.12 bits per heavy atom. The zero-order valence-corrected chi connectivity index (χ0v) is 51.6. The van der Waals surface area contributed by atoms with Gasteiger partial charge in [0.25, 0.3) is 0 Å². The number of carbonyl (C=O) groups is 12. The fraction of sp³-hybridized carbons (Fsp3) is 0.667. The lowest BCUT2D eigenvalue weighted by Gasteiger charge is -2.31. The fourth-order valence-electron chi connectivity index (χ4n) is 8.90. The molecule has 1 heterocycles. The third-order valence-electron chi connectivity index (χ3n) is 15.4. The number of primary amides is 1. The van der Waals surface area contributed by atoms with Crippen molar-refractivity contribution < 1.29 is 67.4 Å². The largest absolute Gasteiger partial charge is 0.458 e. The maximum absolute atomic E-state index is 14.3. The molecule has 0 spiro atoms. The van der Waals surface area contributed by atoms with E-state index >= 15 is 0 Å². The summed E-state index contributed by atoms with van der Waals surface area (Å²) in [6.07, 6.45) is -0.236. The van der Waals surface area contributed by atoms with Crippen molar-refractivity contribution in [2.75, 3.05) is 20.2 Å². The number of likely N-dealkylation sites (N-methyl/N-ethyl adjacent to an activating group) is 1. The number of amides is 11. The van der Waals surface area contributed by atoms with E-state index in [2.05, 4.69) is 63.5 Å². The third kappa shape index (κ3) is 23.5. The van der Waals surface area contributed by atoms with Gasteiger partial charge in [-0.3, -0.25) is 57.7 Å². The second-order valence-electron chi connectivity index (χ2n) is 22.1. The second-order valence-corrected chi connectivity index (χ2v) is 22.1. The van der Waals surface area contributed by atoms with Gasteiger partial charge in [0.05, 0.1) is 19.1 Å². The van der Waals surface area contributed by atoms with Crippen LogP contribution in [0.3, 0.4) is 0 Å². The molecule has 0 unspecified atom stereocenters. The molecule has 11 amide bonds. The Balaban J connectivity index is 2.35. The smallest absolute Gasteiger partial charge is 0.329 e. The first-order valence-electron chi connectivity index (χ1n) is 29.4. The summed E-state index contributed by atoms with van der Waals surface area (Å²) in [5.41, 5.74) is 17.2. The van der Waals surface area contributed by atoms with Crippen molar-refractivity contribution >= 4 is 76.9 Å². The summed E-state index contributed by atoms with van der Waals surface area (Å²) in [7, 11) is 1.60. The van der Waals surface area contributed by atoms with Crippen LogP contribution in [0.1, 0.15) is 127 Å². The number of benzene rings is 1. The molecule has 0 saturated carbocycles. The van der Waals surface area contributed by atoms with Gasteiger partial charge in [-0.15, -0.1) is 0 Å². The molecule has 29 heteroatoms. The van der Waals surface area contributed by atoms with Crippen molar-refractivity contribution in [1.82, 2.24) is 58.5 Å². The van der Waals surface area contributed by atoms with Gasteiger partial charge in [0.15, 0.2) is 5.96 Å². The number of cyclic esters (lactones) is 1. The molecule has 29 nitrogen and oxygen atoms in total. The summed E-state index contributed by atoms with van der Waals surface area (Å²) >= 11 is 0. The van der Waals surface area contributed by atoms with E-state index in [1.54, 1.807) is 62.4 Å². The van der Waals surface area contributed by atoms with E-state index < -0.39 is 180 Å². The predicted molar refractivity (Wildman–Crippen MR) is 318 cm³/mol. The Labute approximate surface area is 503 Å². The lowest BCUT2D eigenvalue weighted by atomic mass is 9.94. The Kier molecular flexibility index (Phi) is 31.7. The average Bonchev–Trinajstić information content (AvgIpc) is 2.96. The highest BCUT2D eigenvalue weighted by molar-refractivity contribution is 6.00. The molecule has 0 bridgehead atoms. The van der Waals surface area contributed by atoms with Crippen molar-refractivity contribution in [1.29, 1.82) is 0 Å². The van der Waals surface area contributed by atoms with Crippen LogP contribution in [0.4, 0.5) is 0 Å². The minimum absolute atomic E-state index is 0.0458. The van der Waals surface area contributed by atoms with E-state index in [9.17, 15) is 62.6 Å². The standard InChI is InChI=1S/C57H95N15O14/c1-13-28(5)41(52(81)63-33(10)47(76)72-45-34(11)86-56(85)44(31(8)16-4)71-48(77)36(23-20-24-62-57(59)60)65-46(75)32(9)64-55(45)84)70-54(83)43(30(7)15-3)69-50(79)38(26-40(58)74)66-51(80)39(27-73)67-53(82)42(29(6)14-2)68-49(78)37(61-12)25-35-21-18-17-19-22-35/h17-19,21-22,28-34,36-39,41-45,61,73H,13-16,20,23-27H2,1-12H3,(H2,58,74)(H,63,81)(H,64,84)(H,65,75)(H,66,80)(H,67,82)(H,68,78)(H,69,79)(H,70,83)(H,71,77)(H,72,76)(H4,59,60,62)/t28-,29-,30-,31-,32-,33-,34-,36-,37+,38+,39-,41-,42-,43+,44-,45+/m0/s1. The van der Waals surface area contributed by atoms with Crippen LogP contribution in [0, 0.1) is 23.7 Å². The Morgan fingerprint density at radius 1 is 0.616 bits per heavy atom. The molecule has 0 aliphatic carbocycles. The quantitative estimate of drug-likeness (QED) is 0.0146. The number of nitrogens with zero attached hydrogens (tertiary/aromatic N) is 1. The first-order chi connectivity index (χ1) is 40.5. The maximum Gasteiger partial charge on any atom is 0.329 e. The first-order valence-corrected chi connectivity index (χ1v) is 29.4. The molecule has 1 saturated heterocycles. The minimum Gasteiger partial charge on any atom is -0.458 e. The number of nitrogens with two attached hydrogens (primary N) is 3. The van der Waals surface area contributed by atoms with Gasteiger partial charge in [0.2, 0.25) is 65.0 Å².